The summed E-state index contributed by atoms with van der Waals surface area (Å²) in [7, 11) is 1.05. The van der Waals surface area contributed by atoms with Crippen LogP contribution in [0.2, 0.25) is 0 Å². The van der Waals surface area contributed by atoms with E-state index in [2.05, 4.69) is 11.3 Å². The number of hydrogen-bond acceptors (Lipinski definition) is 3. The molecule has 0 saturated heterocycles. The smallest absolute Gasteiger partial charge is 0.416 e. The summed E-state index contributed by atoms with van der Waals surface area (Å²) in [5, 5.41) is 0. The third-order valence-corrected chi connectivity index (χ3v) is 1.38. The lowest BCUT2D eigenvalue weighted by molar-refractivity contribution is -0.135. The van der Waals surface area contributed by atoms with E-state index in [1.807, 2.05) is 0 Å². The van der Waals surface area contributed by atoms with E-state index in [4.69, 9.17) is 5.73 Å². The topological polar surface area (TPSA) is 52.3 Å². The Hall–Kier alpha value is -1.72. The fourth-order valence-electron chi connectivity index (χ4n) is 0.706. The highest BCUT2D eigenvalue weighted by Gasteiger charge is 2.32. The molecule has 0 atom stereocenters. The molecule has 0 heterocycles. The summed E-state index contributed by atoms with van der Waals surface area (Å²) in [4.78, 5) is 10.8. The van der Waals surface area contributed by atoms with Crippen molar-refractivity contribution < 1.29 is 22.7 Å². The van der Waals surface area contributed by atoms with Gasteiger partial charge in [-0.05, 0) is 18.4 Å². The zero-order valence-corrected chi connectivity index (χ0v) is 7.97. The molecule has 0 aromatic carbocycles. The van der Waals surface area contributed by atoms with E-state index in [0.717, 1.165) is 13.3 Å². The van der Waals surface area contributed by atoms with Gasteiger partial charge >= 0.3 is 12.1 Å². The Morgan fingerprint density at radius 1 is 1.47 bits per heavy atom. The normalized spacial score (nSPS) is 12.9. The number of nitrogens with two attached hydrogens (primary N) is 1. The molecule has 0 amide bonds. The van der Waals surface area contributed by atoms with E-state index in [-0.39, 0.29) is 0 Å². The minimum absolute atomic E-state index is 0.400. The highest BCUT2D eigenvalue weighted by molar-refractivity contribution is 5.91. The molecule has 6 heteroatoms. The summed E-state index contributed by atoms with van der Waals surface area (Å²) in [6.45, 7) is 3.14. The average Bonchev–Trinajstić information content (AvgIpc) is 2.14. The maximum Gasteiger partial charge on any atom is 0.416 e. The van der Waals surface area contributed by atoms with Gasteiger partial charge in [-0.15, -0.1) is 0 Å². The van der Waals surface area contributed by atoms with Crippen molar-refractivity contribution in [3.8, 4) is 0 Å². The van der Waals surface area contributed by atoms with Gasteiger partial charge in [-0.1, -0.05) is 6.58 Å². The highest BCUT2D eigenvalue weighted by Crippen LogP contribution is 2.27. The van der Waals surface area contributed by atoms with Gasteiger partial charge in [0.1, 0.15) is 0 Å². The highest BCUT2D eigenvalue weighted by atomic mass is 19.4. The number of methoxy groups -OCH3 is 1. The van der Waals surface area contributed by atoms with Gasteiger partial charge in [-0.2, -0.15) is 13.2 Å². The van der Waals surface area contributed by atoms with Gasteiger partial charge in [0.2, 0.25) is 0 Å². The van der Waals surface area contributed by atoms with Crippen molar-refractivity contribution in [2.45, 2.75) is 6.18 Å². The summed E-state index contributed by atoms with van der Waals surface area (Å²) < 4.78 is 41.0. The number of rotatable bonds is 3. The average molecular weight is 221 g/mol. The van der Waals surface area contributed by atoms with Gasteiger partial charge in [0.25, 0.3) is 0 Å². The summed E-state index contributed by atoms with van der Waals surface area (Å²) in [5.74, 6) is -0.929. The Kier molecular flexibility index (Phi) is 4.63. The molecule has 0 bridgehead atoms. The zero-order valence-electron chi connectivity index (χ0n) is 7.97. The van der Waals surface area contributed by atoms with Crippen LogP contribution in [0.5, 0.6) is 0 Å². The largest absolute Gasteiger partial charge is 0.465 e. The third-order valence-electron chi connectivity index (χ3n) is 1.38. The first-order valence-electron chi connectivity index (χ1n) is 3.77. The maximum absolute atomic E-state index is 12.3. The number of carbonyl (C=O) groups excluding carboxylic acids is 1. The number of alkyl halides is 3. The Morgan fingerprint density at radius 3 is 2.33 bits per heavy atom. The first-order valence-corrected chi connectivity index (χ1v) is 3.77. The SMILES string of the molecule is C=C(/C=C(\C=C/N)C(F)(F)F)C(=O)OC. The first kappa shape index (κ1) is 13.3. The van der Waals surface area contributed by atoms with Crippen LogP contribution in [0.3, 0.4) is 0 Å². The predicted octanol–water partition coefficient (Wildman–Crippen LogP) is 1.68. The van der Waals surface area contributed by atoms with Gasteiger partial charge < -0.3 is 10.5 Å². The lowest BCUT2D eigenvalue weighted by Gasteiger charge is -2.07. The molecular weight excluding hydrogens is 211 g/mol. The van der Waals surface area contributed by atoms with Crippen molar-refractivity contribution in [1.29, 1.82) is 0 Å². The minimum atomic E-state index is -4.59. The van der Waals surface area contributed by atoms with Crippen molar-refractivity contribution in [1.82, 2.24) is 0 Å². The van der Waals surface area contributed by atoms with Crippen LogP contribution in [0, 0.1) is 0 Å². The molecule has 84 valence electrons. The van der Waals surface area contributed by atoms with Crippen LogP contribution >= 0.6 is 0 Å². The van der Waals surface area contributed by atoms with Crippen LogP contribution in [0.1, 0.15) is 0 Å². The summed E-state index contributed by atoms with van der Waals surface area (Å²) in [5.41, 5.74) is 3.37. The molecule has 0 fully saturated rings. The lowest BCUT2D eigenvalue weighted by atomic mass is 10.1. The van der Waals surface area contributed by atoms with Crippen molar-refractivity contribution in [3.05, 3.63) is 36.1 Å². The molecule has 0 radical (unpaired) electrons. The fourth-order valence-corrected chi connectivity index (χ4v) is 0.706. The van der Waals surface area contributed by atoms with Gasteiger partial charge in [0.15, 0.2) is 0 Å². The Bertz CT molecular complexity index is 316. The van der Waals surface area contributed by atoms with Crippen molar-refractivity contribution >= 4 is 5.97 Å². The molecule has 0 aliphatic rings. The summed E-state index contributed by atoms with van der Waals surface area (Å²) in [6.07, 6.45) is -2.67. The van der Waals surface area contributed by atoms with Gasteiger partial charge in [0, 0.05) is 0 Å². The Morgan fingerprint density at radius 2 is 2.00 bits per heavy atom. The number of carbonyl (C=O) groups is 1. The molecule has 2 N–H and O–H groups in total. The number of ether oxygens (including phenoxy) is 1. The quantitative estimate of drug-likeness (QED) is 0.448. The number of esters is 1. The molecule has 0 aromatic heterocycles. The van der Waals surface area contributed by atoms with Crippen molar-refractivity contribution in [2.75, 3.05) is 7.11 Å². The molecule has 0 unspecified atom stereocenters. The van der Waals surface area contributed by atoms with Crippen LogP contribution in [0.4, 0.5) is 13.2 Å². The van der Waals surface area contributed by atoms with Crippen LogP contribution in [-0.2, 0) is 9.53 Å². The van der Waals surface area contributed by atoms with Crippen LogP contribution in [0.15, 0.2) is 36.1 Å². The van der Waals surface area contributed by atoms with E-state index < -0.39 is 23.3 Å². The molecular formula is C9H10F3NO2. The number of hydrogen-bond donors (Lipinski definition) is 1. The molecule has 15 heavy (non-hydrogen) atoms. The molecule has 0 aliphatic carbocycles. The van der Waals surface area contributed by atoms with E-state index in [0.29, 0.717) is 12.2 Å². The molecule has 0 saturated carbocycles. The van der Waals surface area contributed by atoms with E-state index in [9.17, 15) is 18.0 Å². The van der Waals surface area contributed by atoms with E-state index in [1.54, 1.807) is 0 Å². The minimum Gasteiger partial charge on any atom is -0.465 e. The molecule has 3 nitrogen and oxygen atoms in total. The first-order chi connectivity index (χ1) is 6.82. The van der Waals surface area contributed by atoms with Gasteiger partial charge in [0.05, 0.1) is 18.3 Å². The van der Waals surface area contributed by atoms with Crippen LogP contribution in [0.25, 0.3) is 0 Å². The molecule has 0 rings (SSSR count). The Balaban J connectivity index is 5.02. The second kappa shape index (κ2) is 5.23. The second-order valence-electron chi connectivity index (χ2n) is 2.47. The summed E-state index contributed by atoms with van der Waals surface area (Å²) in [6, 6.07) is 0. The molecule has 0 spiro atoms. The standard InChI is InChI=1S/C9H10F3NO2/c1-6(8(14)15-2)5-7(3-4-13)9(10,11)12/h3-5H,1,13H2,2H3/b4-3-,7-5+. The monoisotopic (exact) mass is 221 g/mol. The fraction of sp³-hybridized carbons (Fsp3) is 0.222. The van der Waals surface area contributed by atoms with E-state index >= 15 is 0 Å². The van der Waals surface area contributed by atoms with Gasteiger partial charge in [-0.3, -0.25) is 0 Å². The van der Waals surface area contributed by atoms with Crippen molar-refractivity contribution in [2.24, 2.45) is 5.73 Å². The van der Waals surface area contributed by atoms with Crippen LogP contribution < -0.4 is 5.73 Å². The number of allylic oxidation sites excluding steroid dienone is 2. The number of halogens is 3. The zero-order chi connectivity index (χ0) is 12.1. The summed E-state index contributed by atoms with van der Waals surface area (Å²) >= 11 is 0. The second-order valence-corrected chi connectivity index (χ2v) is 2.47. The Labute approximate surface area is 84.7 Å². The van der Waals surface area contributed by atoms with Crippen LogP contribution in [-0.4, -0.2) is 19.3 Å². The molecule has 0 aliphatic heterocycles. The lowest BCUT2D eigenvalue weighted by Crippen LogP contribution is -2.12. The van der Waals surface area contributed by atoms with Gasteiger partial charge in [-0.25, -0.2) is 4.79 Å². The maximum atomic E-state index is 12.3. The molecule has 0 aromatic rings. The predicted molar refractivity (Wildman–Crippen MR) is 48.6 cm³/mol. The van der Waals surface area contributed by atoms with E-state index in [1.165, 1.54) is 0 Å². The third kappa shape index (κ3) is 4.35. The van der Waals surface area contributed by atoms with Crippen molar-refractivity contribution in [3.63, 3.8) is 0 Å².